The van der Waals surface area contributed by atoms with Crippen LogP contribution in [0.25, 0.3) is 0 Å². The van der Waals surface area contributed by atoms with Gasteiger partial charge in [0.25, 0.3) is 5.91 Å². The van der Waals surface area contributed by atoms with E-state index in [0.29, 0.717) is 12.4 Å². The molecular weight excluding hydrogens is 298 g/mol. The summed E-state index contributed by atoms with van der Waals surface area (Å²) in [6.07, 6.45) is 0.100. The largest absolute Gasteiger partial charge is 0.483 e. The molecule has 0 saturated heterocycles. The number of ether oxygens (including phenoxy) is 2. The summed E-state index contributed by atoms with van der Waals surface area (Å²) in [6, 6.07) is 5.65. The number of hydrogen-bond donors (Lipinski definition) is 1. The minimum Gasteiger partial charge on any atom is -0.483 e. The molecule has 6 heteroatoms. The second-order valence-electron chi connectivity index (χ2n) is 5.15. The van der Waals surface area contributed by atoms with Crippen LogP contribution in [0.5, 0.6) is 5.75 Å². The fourth-order valence-electron chi connectivity index (χ4n) is 2.05. The topological polar surface area (TPSA) is 76.1 Å². The third-order valence-electron chi connectivity index (χ3n) is 3.52. The maximum atomic E-state index is 12.2. The molecule has 0 aromatic heterocycles. The first-order valence-corrected chi connectivity index (χ1v) is 7.72. The maximum Gasteiger partial charge on any atom is 0.307 e. The van der Waals surface area contributed by atoms with E-state index >= 15 is 0 Å². The van der Waals surface area contributed by atoms with Gasteiger partial charge in [-0.05, 0) is 38.0 Å². The van der Waals surface area contributed by atoms with E-state index in [1.807, 2.05) is 32.0 Å². The molecule has 0 bridgehead atoms. The molecule has 0 aliphatic carbocycles. The first-order valence-electron chi connectivity index (χ1n) is 7.72. The monoisotopic (exact) mass is 323 g/mol. The Morgan fingerprint density at radius 2 is 1.96 bits per heavy atom. The van der Waals surface area contributed by atoms with E-state index in [-0.39, 0.29) is 44.6 Å². The van der Waals surface area contributed by atoms with Crippen molar-refractivity contribution in [3.63, 3.8) is 0 Å². The highest BCUT2D eigenvalue weighted by Crippen LogP contribution is 2.20. The molecule has 128 valence electrons. The van der Waals surface area contributed by atoms with Crippen LogP contribution in [-0.2, 0) is 14.3 Å². The molecule has 1 N–H and O–H groups in total. The molecule has 0 heterocycles. The van der Waals surface area contributed by atoms with Crippen molar-refractivity contribution in [2.24, 2.45) is 0 Å². The lowest BCUT2D eigenvalue weighted by molar-refractivity contribution is -0.144. The van der Waals surface area contributed by atoms with Crippen LogP contribution in [0, 0.1) is 13.8 Å². The number of rotatable bonds is 9. The molecule has 1 aromatic rings. The van der Waals surface area contributed by atoms with E-state index < -0.39 is 0 Å². The Morgan fingerprint density at radius 3 is 2.61 bits per heavy atom. The lowest BCUT2D eigenvalue weighted by Gasteiger charge is -2.21. The zero-order valence-electron chi connectivity index (χ0n) is 14.0. The lowest BCUT2D eigenvalue weighted by Crippen LogP contribution is -2.38. The predicted molar refractivity (Wildman–Crippen MR) is 86.3 cm³/mol. The van der Waals surface area contributed by atoms with E-state index in [2.05, 4.69) is 0 Å². The van der Waals surface area contributed by atoms with Gasteiger partial charge >= 0.3 is 5.97 Å². The summed E-state index contributed by atoms with van der Waals surface area (Å²) in [6.45, 7) is 6.01. The van der Waals surface area contributed by atoms with Crippen LogP contribution in [0.15, 0.2) is 18.2 Å². The molecule has 1 rings (SSSR count). The van der Waals surface area contributed by atoms with Crippen LogP contribution in [0.3, 0.4) is 0 Å². The number of nitrogens with zero attached hydrogens (tertiary/aromatic N) is 1. The summed E-state index contributed by atoms with van der Waals surface area (Å²) in [5.74, 6) is 0.0237. The predicted octanol–water partition coefficient (Wildman–Crippen LogP) is 1.46. The Bertz CT molecular complexity index is 530. The molecule has 0 unspecified atom stereocenters. The molecule has 1 amide bonds. The van der Waals surface area contributed by atoms with E-state index in [9.17, 15) is 9.59 Å². The van der Waals surface area contributed by atoms with Crippen molar-refractivity contribution in [3.8, 4) is 5.75 Å². The van der Waals surface area contributed by atoms with Gasteiger partial charge in [0.05, 0.1) is 19.6 Å². The van der Waals surface area contributed by atoms with Crippen molar-refractivity contribution in [2.45, 2.75) is 27.2 Å². The van der Waals surface area contributed by atoms with Gasteiger partial charge in [-0.25, -0.2) is 0 Å². The van der Waals surface area contributed by atoms with Gasteiger partial charge in [0, 0.05) is 13.1 Å². The van der Waals surface area contributed by atoms with Crippen molar-refractivity contribution < 1.29 is 24.2 Å². The third kappa shape index (κ3) is 6.28. The van der Waals surface area contributed by atoms with Crippen LogP contribution >= 0.6 is 0 Å². The molecule has 0 saturated carbocycles. The number of aliphatic hydroxyl groups excluding tert-OH is 1. The number of aliphatic hydroxyl groups is 1. The summed E-state index contributed by atoms with van der Waals surface area (Å²) < 4.78 is 10.4. The van der Waals surface area contributed by atoms with Crippen LogP contribution < -0.4 is 4.74 Å². The Labute approximate surface area is 137 Å². The van der Waals surface area contributed by atoms with Gasteiger partial charge in [-0.1, -0.05) is 12.1 Å². The highest BCUT2D eigenvalue weighted by atomic mass is 16.5. The second kappa shape index (κ2) is 9.84. The minimum absolute atomic E-state index is 0.100. The van der Waals surface area contributed by atoms with E-state index in [0.717, 1.165) is 11.1 Å². The third-order valence-corrected chi connectivity index (χ3v) is 3.52. The van der Waals surface area contributed by atoms with E-state index in [1.54, 1.807) is 6.92 Å². The molecule has 0 radical (unpaired) electrons. The fraction of sp³-hybridized carbons (Fsp3) is 0.529. The highest BCUT2D eigenvalue weighted by molar-refractivity contribution is 5.78. The number of carbonyl (C=O) groups is 2. The molecule has 0 spiro atoms. The van der Waals surface area contributed by atoms with Gasteiger partial charge in [-0.3, -0.25) is 9.59 Å². The molecule has 23 heavy (non-hydrogen) atoms. The number of carbonyl (C=O) groups excluding carboxylic acids is 2. The molecule has 0 atom stereocenters. The minimum atomic E-state index is -0.362. The van der Waals surface area contributed by atoms with Crippen molar-refractivity contribution in [1.82, 2.24) is 4.90 Å². The van der Waals surface area contributed by atoms with E-state index in [4.69, 9.17) is 14.6 Å². The quantitative estimate of drug-likeness (QED) is 0.696. The summed E-state index contributed by atoms with van der Waals surface area (Å²) in [7, 11) is 0. The molecular formula is C17H25NO5. The Balaban J connectivity index is 2.56. The van der Waals surface area contributed by atoms with E-state index in [1.165, 1.54) is 4.90 Å². The normalized spacial score (nSPS) is 10.3. The number of hydrogen-bond acceptors (Lipinski definition) is 5. The fourth-order valence-corrected chi connectivity index (χ4v) is 2.05. The van der Waals surface area contributed by atoms with Crippen molar-refractivity contribution in [1.29, 1.82) is 0 Å². The lowest BCUT2D eigenvalue weighted by atomic mass is 10.1. The van der Waals surface area contributed by atoms with Crippen molar-refractivity contribution >= 4 is 11.9 Å². The number of benzene rings is 1. The van der Waals surface area contributed by atoms with Crippen LogP contribution in [0.2, 0.25) is 0 Å². The van der Waals surface area contributed by atoms with Gasteiger partial charge in [0.2, 0.25) is 0 Å². The van der Waals surface area contributed by atoms with Gasteiger partial charge in [0.1, 0.15) is 5.75 Å². The van der Waals surface area contributed by atoms with Gasteiger partial charge in [-0.2, -0.15) is 0 Å². The Morgan fingerprint density at radius 1 is 1.22 bits per heavy atom. The average Bonchev–Trinajstić information content (AvgIpc) is 2.52. The molecule has 0 aliphatic heterocycles. The maximum absolute atomic E-state index is 12.2. The smallest absolute Gasteiger partial charge is 0.307 e. The zero-order chi connectivity index (χ0) is 17.2. The number of esters is 1. The van der Waals surface area contributed by atoms with Crippen LogP contribution in [-0.4, -0.2) is 54.8 Å². The molecule has 0 fully saturated rings. The van der Waals surface area contributed by atoms with Crippen LogP contribution in [0.4, 0.5) is 0 Å². The van der Waals surface area contributed by atoms with Gasteiger partial charge < -0.3 is 19.5 Å². The molecule has 6 nitrogen and oxygen atoms in total. The Hall–Kier alpha value is -2.08. The van der Waals surface area contributed by atoms with Crippen molar-refractivity contribution in [2.75, 3.05) is 32.9 Å². The second-order valence-corrected chi connectivity index (χ2v) is 5.15. The van der Waals surface area contributed by atoms with Gasteiger partial charge in [-0.15, -0.1) is 0 Å². The van der Waals surface area contributed by atoms with Crippen LogP contribution in [0.1, 0.15) is 24.5 Å². The number of amides is 1. The van der Waals surface area contributed by atoms with Gasteiger partial charge in [0.15, 0.2) is 6.61 Å². The zero-order valence-corrected chi connectivity index (χ0v) is 14.0. The highest BCUT2D eigenvalue weighted by Gasteiger charge is 2.16. The average molecular weight is 323 g/mol. The Kier molecular flexibility index (Phi) is 8.11. The molecule has 1 aromatic carbocycles. The summed E-state index contributed by atoms with van der Waals surface area (Å²) >= 11 is 0. The number of aryl methyl sites for hydroxylation is 1. The standard InChI is InChI=1S/C17H25NO5/c1-4-22-17(21)8-9-18(10-11-19)16(20)12-23-15-7-5-6-13(2)14(15)3/h5-7,19H,4,8-12H2,1-3H3. The summed E-state index contributed by atoms with van der Waals surface area (Å²) in [5.41, 5.74) is 2.07. The summed E-state index contributed by atoms with van der Waals surface area (Å²) in [5, 5.41) is 9.07. The molecule has 0 aliphatic rings. The summed E-state index contributed by atoms with van der Waals surface area (Å²) in [4.78, 5) is 25.0. The first-order chi connectivity index (χ1) is 11.0. The van der Waals surface area contributed by atoms with Crippen molar-refractivity contribution in [3.05, 3.63) is 29.3 Å². The SMILES string of the molecule is CCOC(=O)CCN(CCO)C(=O)COc1cccc(C)c1C. The first kappa shape index (κ1) is 19.0.